The summed E-state index contributed by atoms with van der Waals surface area (Å²) in [6.45, 7) is 1.57. The molecule has 8 aromatic heterocycles. The number of hydrogen-bond donors (Lipinski definition) is 11. The second-order valence-corrected chi connectivity index (χ2v) is 21.2. The Hall–Kier alpha value is -11.2. The number of aromatic nitrogens is 10. The van der Waals surface area contributed by atoms with E-state index in [9.17, 15) is 47.9 Å². The van der Waals surface area contributed by atoms with Gasteiger partial charge in [-0.25, -0.2) is 9.97 Å². The highest BCUT2D eigenvalue weighted by Crippen LogP contribution is 2.23. The Bertz CT molecular complexity index is 4000. The number of nitrogens with one attached hydrogen (secondary N) is 11. The predicted octanol–water partition coefficient (Wildman–Crippen LogP) is 1.23. The maximum Gasteiger partial charge on any atom is 0.292 e. The smallest absolute Gasteiger partial charge is 0.292 e. The Morgan fingerprint density at radius 3 is 1.10 bits per heavy atom. The quantitative estimate of drug-likeness (QED) is 0.0360. The van der Waals surface area contributed by atoms with Gasteiger partial charge >= 0.3 is 0 Å². The van der Waals surface area contributed by atoms with Gasteiger partial charge in [-0.15, -0.1) is 0 Å². The summed E-state index contributed by atoms with van der Waals surface area (Å²) in [5.41, 5.74) is 3.07. The fourth-order valence-electron chi connectivity index (χ4n) is 9.36. The SMILES string of the molecule is Cn1cc(NC(=O)c2cc(NC(=O)c3cc(NC(=O)c4cc(NC(=O)CCNC(=O)c5cc(NC(=O)c6cc(NC(=O)c7nc(NC(=O)c8nccn8C)cn7C)cn6C)cn5C)cn4C)cn3C)cn2C)cc1C(=O)NCCC(=O)NCCC[NH+](C)C. The molecule has 462 valence electrons. The lowest BCUT2D eigenvalue weighted by molar-refractivity contribution is -0.858. The molecule has 88 heavy (non-hydrogen) atoms. The van der Waals surface area contributed by atoms with Gasteiger partial charge in [0.25, 0.3) is 47.3 Å². The van der Waals surface area contributed by atoms with Gasteiger partial charge in [-0.05, 0) is 36.4 Å². The van der Waals surface area contributed by atoms with Gasteiger partial charge in [-0.1, -0.05) is 0 Å². The molecule has 31 heteroatoms. The summed E-state index contributed by atoms with van der Waals surface area (Å²) in [5.74, 6) is -4.48. The largest absolute Gasteiger partial charge is 0.356 e. The standard InChI is InChI=1S/C57H69N21O10/c1-70(2)18-11-14-58-46(79)12-15-60-50(81)39-21-34(27-72(39)4)63-53(84)42-24-37(30-75(42)7)66-54(85)43-23-36(29-76(43)8)65-52(83)41-20-33(26-74(41)6)62-47(80)13-16-61-51(82)40-22-35(28-73(40)5)64-55(86)44-25-38(31-77(44)9)67-57(88)49-68-45(32-78(49)10)69-56(87)48-59-17-19-71(48)3/h17,19-32H,11-16,18H2,1-10H3,(H,58,79)(H,60,81)(H,61,82)(H,62,80)(H,63,84)(H,64,86)(H,65,83)(H,66,85)(H,67,88)(H,69,87)/p+1. The average Bonchev–Trinajstić information content (AvgIpc) is 4.28. The monoisotopic (exact) mass is 1210 g/mol. The summed E-state index contributed by atoms with van der Waals surface area (Å²) in [5, 5.41) is 27.4. The van der Waals surface area contributed by atoms with E-state index >= 15 is 0 Å². The van der Waals surface area contributed by atoms with Crippen LogP contribution in [0.5, 0.6) is 0 Å². The van der Waals surface area contributed by atoms with Crippen LogP contribution < -0.4 is 58.1 Å². The van der Waals surface area contributed by atoms with E-state index in [1.54, 1.807) is 91.9 Å². The molecule has 0 spiro atoms. The Kier molecular flexibility index (Phi) is 19.4. The Labute approximate surface area is 503 Å². The molecular formula is C57H70N21O10+. The van der Waals surface area contributed by atoms with Crippen molar-refractivity contribution < 1.29 is 52.8 Å². The van der Waals surface area contributed by atoms with Crippen molar-refractivity contribution >= 4 is 99.0 Å². The van der Waals surface area contributed by atoms with Crippen molar-refractivity contribution in [1.82, 2.24) is 62.5 Å². The van der Waals surface area contributed by atoms with Crippen molar-refractivity contribution in [1.29, 1.82) is 0 Å². The van der Waals surface area contributed by atoms with Gasteiger partial charge in [0, 0.05) is 151 Å². The van der Waals surface area contributed by atoms with Crippen molar-refractivity contribution in [2.24, 2.45) is 56.4 Å². The van der Waals surface area contributed by atoms with Crippen molar-refractivity contribution in [3.63, 3.8) is 0 Å². The first-order chi connectivity index (χ1) is 41.8. The lowest BCUT2D eigenvalue weighted by Crippen LogP contribution is -3.05. The maximum absolute atomic E-state index is 13.5. The molecule has 0 unspecified atom stereocenters. The Balaban J connectivity index is 0.760. The maximum atomic E-state index is 13.5. The molecule has 0 aliphatic heterocycles. The molecule has 8 aromatic rings. The number of anilines is 7. The summed E-state index contributed by atoms with van der Waals surface area (Å²) in [7, 11) is 17.1. The van der Waals surface area contributed by atoms with Crippen molar-refractivity contribution in [3.8, 4) is 0 Å². The van der Waals surface area contributed by atoms with Gasteiger partial charge in [-0.2, -0.15) is 0 Å². The number of aryl methyl sites for hydroxylation is 8. The minimum Gasteiger partial charge on any atom is -0.356 e. The van der Waals surface area contributed by atoms with Crippen LogP contribution in [0.4, 0.5) is 39.9 Å². The second-order valence-electron chi connectivity index (χ2n) is 21.2. The minimum atomic E-state index is -0.599. The molecule has 0 bridgehead atoms. The molecule has 8 rings (SSSR count). The first-order valence-corrected chi connectivity index (χ1v) is 27.6. The van der Waals surface area contributed by atoms with E-state index in [-0.39, 0.29) is 83.5 Å². The summed E-state index contributed by atoms with van der Waals surface area (Å²) in [4.78, 5) is 140. The van der Waals surface area contributed by atoms with Crippen LogP contribution >= 0.6 is 0 Å². The topological polar surface area (TPSA) is 361 Å². The minimum absolute atomic E-state index is 0.00963. The third-order valence-corrected chi connectivity index (χ3v) is 13.8. The van der Waals surface area contributed by atoms with Gasteiger partial charge in [0.05, 0.1) is 54.8 Å². The molecule has 10 amide bonds. The molecule has 0 saturated heterocycles. The van der Waals surface area contributed by atoms with E-state index in [2.05, 4.69) is 63.1 Å². The van der Waals surface area contributed by atoms with E-state index in [1.165, 1.54) is 98.1 Å². The number of carbonyl (C=O) groups is 10. The number of quaternary nitrogens is 1. The molecule has 0 aromatic carbocycles. The van der Waals surface area contributed by atoms with Gasteiger partial charge < -0.3 is 94.6 Å². The molecule has 31 nitrogen and oxygen atoms in total. The molecular weight excluding hydrogens is 1140 g/mol. The van der Waals surface area contributed by atoms with Crippen molar-refractivity contribution in [2.45, 2.75) is 19.3 Å². The number of amides is 10. The van der Waals surface area contributed by atoms with E-state index in [0.29, 0.717) is 40.7 Å². The van der Waals surface area contributed by atoms with Crippen LogP contribution in [0, 0.1) is 0 Å². The van der Waals surface area contributed by atoms with Crippen LogP contribution in [0.3, 0.4) is 0 Å². The van der Waals surface area contributed by atoms with Gasteiger partial charge in [0.1, 0.15) is 34.2 Å². The third kappa shape index (κ3) is 15.5. The molecule has 11 N–H and O–H groups in total. The van der Waals surface area contributed by atoms with E-state index in [0.717, 1.165) is 13.0 Å². The number of imidazole rings is 2. The van der Waals surface area contributed by atoms with Gasteiger partial charge in [0.15, 0.2) is 11.6 Å². The van der Waals surface area contributed by atoms with Crippen molar-refractivity contribution in [3.05, 3.63) is 138 Å². The average molecular weight is 1210 g/mol. The molecule has 0 saturated carbocycles. The normalized spacial score (nSPS) is 11.0. The first-order valence-electron chi connectivity index (χ1n) is 27.6. The number of nitrogens with zero attached hydrogens (tertiary/aromatic N) is 10. The number of hydrogen-bond acceptors (Lipinski definition) is 12. The van der Waals surface area contributed by atoms with E-state index < -0.39 is 53.2 Å². The number of carbonyl (C=O) groups excluding carboxylic acids is 10. The molecule has 0 fully saturated rings. The zero-order chi connectivity index (χ0) is 63.7. The summed E-state index contributed by atoms with van der Waals surface area (Å²) >= 11 is 0. The highest BCUT2D eigenvalue weighted by Gasteiger charge is 2.24. The number of rotatable bonds is 25. The zero-order valence-electron chi connectivity index (χ0n) is 50.2. The highest BCUT2D eigenvalue weighted by molar-refractivity contribution is 6.10. The van der Waals surface area contributed by atoms with Gasteiger partial charge in [-0.3, -0.25) is 47.9 Å². The van der Waals surface area contributed by atoms with Crippen LogP contribution in [-0.4, -0.2) is 146 Å². The summed E-state index contributed by atoms with van der Waals surface area (Å²) in [6, 6.07) is 8.88. The van der Waals surface area contributed by atoms with Crippen LogP contribution in [-0.2, 0) is 66.0 Å². The Morgan fingerprint density at radius 1 is 0.375 bits per heavy atom. The summed E-state index contributed by atoms with van der Waals surface area (Å²) in [6.07, 6.45) is 14.7. The van der Waals surface area contributed by atoms with Crippen molar-refractivity contribution in [2.75, 3.05) is 77.5 Å². The fourth-order valence-corrected chi connectivity index (χ4v) is 9.36. The fraction of sp³-hybridized carbons (Fsp3) is 0.298. The van der Waals surface area contributed by atoms with E-state index in [1.807, 2.05) is 14.1 Å². The highest BCUT2D eigenvalue weighted by atomic mass is 16.2. The van der Waals surface area contributed by atoms with Crippen LogP contribution in [0.2, 0.25) is 0 Å². The van der Waals surface area contributed by atoms with E-state index in [4.69, 9.17) is 0 Å². The lowest BCUT2D eigenvalue weighted by atomic mass is 10.3. The van der Waals surface area contributed by atoms with Crippen LogP contribution in [0.25, 0.3) is 0 Å². The Morgan fingerprint density at radius 2 is 0.727 bits per heavy atom. The van der Waals surface area contributed by atoms with Crippen LogP contribution in [0.15, 0.2) is 92.2 Å². The molecule has 0 aliphatic rings. The van der Waals surface area contributed by atoms with Crippen LogP contribution in [0.1, 0.15) is 103 Å². The third-order valence-electron chi connectivity index (χ3n) is 13.8. The zero-order valence-corrected chi connectivity index (χ0v) is 50.2. The lowest BCUT2D eigenvalue weighted by Gasteiger charge is -2.09. The van der Waals surface area contributed by atoms with Gasteiger partial charge in [0.2, 0.25) is 17.6 Å². The second kappa shape index (κ2) is 27.2. The molecule has 0 atom stereocenters. The summed E-state index contributed by atoms with van der Waals surface area (Å²) < 4.78 is 12.1. The molecule has 0 radical (unpaired) electrons. The first kappa shape index (κ1) is 62.8. The predicted molar refractivity (Wildman–Crippen MR) is 324 cm³/mol. The molecule has 8 heterocycles. The molecule has 0 aliphatic carbocycles.